The molecule has 1 aliphatic heterocycles. The molecular formula is C13H27N3O3S. The molecule has 2 N–H and O–H groups in total. The van der Waals surface area contributed by atoms with Crippen molar-refractivity contribution in [3.63, 3.8) is 0 Å². The quantitative estimate of drug-likeness (QED) is 0.769. The minimum absolute atomic E-state index is 0.0601. The van der Waals surface area contributed by atoms with Gasteiger partial charge in [-0.05, 0) is 19.3 Å². The fourth-order valence-electron chi connectivity index (χ4n) is 2.42. The number of carbonyl (C=O) groups excluding carboxylic acids is 1. The molecule has 1 heterocycles. The van der Waals surface area contributed by atoms with E-state index in [1.165, 1.54) is 4.31 Å². The molecule has 0 spiro atoms. The molecule has 0 saturated carbocycles. The van der Waals surface area contributed by atoms with E-state index in [1.54, 1.807) is 4.90 Å². The van der Waals surface area contributed by atoms with Gasteiger partial charge in [0, 0.05) is 26.2 Å². The van der Waals surface area contributed by atoms with Crippen molar-refractivity contribution in [2.75, 3.05) is 31.9 Å². The van der Waals surface area contributed by atoms with Crippen molar-refractivity contribution in [1.29, 1.82) is 0 Å². The van der Waals surface area contributed by atoms with E-state index in [-0.39, 0.29) is 11.7 Å². The molecule has 0 bridgehead atoms. The highest BCUT2D eigenvalue weighted by molar-refractivity contribution is 7.89. The zero-order chi connectivity index (χ0) is 15.4. The second-order valence-corrected chi connectivity index (χ2v) is 7.46. The normalized spacial score (nSPS) is 18.3. The fraction of sp³-hybridized carbons (Fsp3) is 0.923. The van der Waals surface area contributed by atoms with Gasteiger partial charge >= 0.3 is 0 Å². The molecule has 118 valence electrons. The lowest BCUT2D eigenvalue weighted by Gasteiger charge is -2.38. The third-order valence-corrected chi connectivity index (χ3v) is 6.15. The standard InChI is InChI=1S/C13H27N3O3S/c1-4-11-20(18,19)16-9-7-15(8-10-16)12(17)13(14,5-2)6-3/h4-11,14H2,1-3H3. The molecule has 0 aliphatic carbocycles. The van der Waals surface area contributed by atoms with Crippen molar-refractivity contribution in [3.8, 4) is 0 Å². The molecule has 1 aliphatic rings. The molecule has 0 unspecified atom stereocenters. The Morgan fingerprint density at radius 2 is 1.60 bits per heavy atom. The van der Waals surface area contributed by atoms with Crippen LogP contribution >= 0.6 is 0 Å². The summed E-state index contributed by atoms with van der Waals surface area (Å²) in [5.74, 6) is 0.112. The minimum Gasteiger partial charge on any atom is -0.338 e. The summed E-state index contributed by atoms with van der Waals surface area (Å²) >= 11 is 0. The maximum atomic E-state index is 12.4. The zero-order valence-electron chi connectivity index (χ0n) is 12.8. The van der Waals surface area contributed by atoms with Crippen molar-refractivity contribution >= 4 is 15.9 Å². The summed E-state index contributed by atoms with van der Waals surface area (Å²) in [6.45, 7) is 7.27. The van der Waals surface area contributed by atoms with Gasteiger partial charge in [-0.2, -0.15) is 4.31 Å². The number of hydrogen-bond acceptors (Lipinski definition) is 4. The van der Waals surface area contributed by atoms with Crippen LogP contribution in [0.1, 0.15) is 40.0 Å². The van der Waals surface area contributed by atoms with Crippen LogP contribution in [0.5, 0.6) is 0 Å². The Kier molecular flexibility index (Phi) is 5.97. The summed E-state index contributed by atoms with van der Waals surface area (Å²) < 4.78 is 25.4. The smallest absolute Gasteiger partial charge is 0.242 e. The number of nitrogens with zero attached hydrogens (tertiary/aromatic N) is 2. The second-order valence-electron chi connectivity index (χ2n) is 5.37. The Hall–Kier alpha value is -0.660. The molecule has 1 amide bonds. The average molecular weight is 305 g/mol. The molecule has 1 rings (SSSR count). The third-order valence-electron chi connectivity index (χ3n) is 4.07. The van der Waals surface area contributed by atoms with Crippen LogP contribution in [0.2, 0.25) is 0 Å². The first-order valence-electron chi connectivity index (χ1n) is 7.36. The first-order chi connectivity index (χ1) is 9.30. The van der Waals surface area contributed by atoms with Gasteiger partial charge in [0.05, 0.1) is 11.3 Å². The largest absolute Gasteiger partial charge is 0.338 e. The van der Waals surface area contributed by atoms with E-state index in [1.807, 2.05) is 20.8 Å². The van der Waals surface area contributed by atoms with Gasteiger partial charge in [-0.15, -0.1) is 0 Å². The third kappa shape index (κ3) is 3.71. The first kappa shape index (κ1) is 17.4. The molecule has 0 aromatic heterocycles. The highest BCUT2D eigenvalue weighted by Gasteiger charge is 2.36. The Bertz CT molecular complexity index is 424. The van der Waals surface area contributed by atoms with Crippen LogP contribution in [0.15, 0.2) is 0 Å². The van der Waals surface area contributed by atoms with E-state index in [0.717, 1.165) is 0 Å². The lowest BCUT2D eigenvalue weighted by Crippen LogP contribution is -2.59. The van der Waals surface area contributed by atoms with Crippen LogP contribution < -0.4 is 5.73 Å². The Morgan fingerprint density at radius 1 is 1.10 bits per heavy atom. The van der Waals surface area contributed by atoms with Gasteiger partial charge in [-0.3, -0.25) is 4.79 Å². The van der Waals surface area contributed by atoms with E-state index in [0.29, 0.717) is 45.4 Å². The van der Waals surface area contributed by atoms with Gasteiger partial charge in [0.1, 0.15) is 0 Å². The molecule has 1 saturated heterocycles. The van der Waals surface area contributed by atoms with Crippen molar-refractivity contribution < 1.29 is 13.2 Å². The van der Waals surface area contributed by atoms with Crippen LogP contribution in [0.4, 0.5) is 0 Å². The topological polar surface area (TPSA) is 83.7 Å². The number of sulfonamides is 1. The highest BCUT2D eigenvalue weighted by Crippen LogP contribution is 2.17. The summed E-state index contributed by atoms with van der Waals surface area (Å²) in [5, 5.41) is 0. The van der Waals surface area contributed by atoms with Crippen molar-refractivity contribution in [3.05, 3.63) is 0 Å². The molecule has 6 nitrogen and oxygen atoms in total. The summed E-state index contributed by atoms with van der Waals surface area (Å²) in [6, 6.07) is 0. The van der Waals surface area contributed by atoms with E-state index >= 15 is 0 Å². The van der Waals surface area contributed by atoms with Crippen LogP contribution in [0, 0.1) is 0 Å². The average Bonchev–Trinajstić information content (AvgIpc) is 2.45. The summed E-state index contributed by atoms with van der Waals surface area (Å²) in [5.41, 5.74) is 5.30. The van der Waals surface area contributed by atoms with Gasteiger partial charge in [-0.25, -0.2) is 8.42 Å². The lowest BCUT2D eigenvalue weighted by atomic mass is 9.92. The number of hydrogen-bond donors (Lipinski definition) is 1. The molecule has 0 radical (unpaired) electrons. The number of carbonyl (C=O) groups is 1. The minimum atomic E-state index is -3.17. The van der Waals surface area contributed by atoms with E-state index in [9.17, 15) is 13.2 Å². The van der Waals surface area contributed by atoms with Crippen molar-refractivity contribution in [2.24, 2.45) is 5.73 Å². The summed E-state index contributed by atoms with van der Waals surface area (Å²) in [6.07, 6.45) is 1.80. The van der Waals surface area contributed by atoms with Crippen LogP contribution in [0.25, 0.3) is 0 Å². The van der Waals surface area contributed by atoms with Crippen LogP contribution in [-0.2, 0) is 14.8 Å². The van der Waals surface area contributed by atoms with Gasteiger partial charge in [0.2, 0.25) is 15.9 Å². The predicted molar refractivity (Wildman–Crippen MR) is 79.7 cm³/mol. The number of rotatable bonds is 6. The molecule has 7 heteroatoms. The number of nitrogens with two attached hydrogens (primary N) is 1. The Labute approximate surface area is 122 Å². The first-order valence-corrected chi connectivity index (χ1v) is 8.97. The highest BCUT2D eigenvalue weighted by atomic mass is 32.2. The van der Waals surface area contributed by atoms with Crippen LogP contribution in [0.3, 0.4) is 0 Å². The molecule has 0 aromatic carbocycles. The summed E-state index contributed by atoms with van der Waals surface area (Å²) in [4.78, 5) is 14.1. The summed E-state index contributed by atoms with van der Waals surface area (Å²) in [7, 11) is -3.17. The Morgan fingerprint density at radius 3 is 2.00 bits per heavy atom. The van der Waals surface area contributed by atoms with E-state index < -0.39 is 15.6 Å². The lowest BCUT2D eigenvalue weighted by molar-refractivity contribution is -0.138. The second kappa shape index (κ2) is 6.87. The fourth-order valence-corrected chi connectivity index (χ4v) is 3.92. The molecule has 20 heavy (non-hydrogen) atoms. The van der Waals surface area contributed by atoms with Gasteiger partial charge < -0.3 is 10.6 Å². The van der Waals surface area contributed by atoms with Crippen molar-refractivity contribution in [1.82, 2.24) is 9.21 Å². The number of piperazine rings is 1. The monoisotopic (exact) mass is 305 g/mol. The molecule has 1 fully saturated rings. The molecule has 0 aromatic rings. The predicted octanol–water partition coefficient (Wildman–Crippen LogP) is 0.388. The molecular weight excluding hydrogens is 278 g/mol. The SMILES string of the molecule is CCCS(=O)(=O)N1CCN(C(=O)C(N)(CC)CC)CC1. The van der Waals surface area contributed by atoms with E-state index in [4.69, 9.17) is 5.73 Å². The molecule has 0 atom stereocenters. The maximum absolute atomic E-state index is 12.4. The zero-order valence-corrected chi connectivity index (χ0v) is 13.6. The van der Waals surface area contributed by atoms with Gasteiger partial charge in [0.25, 0.3) is 0 Å². The van der Waals surface area contributed by atoms with Crippen molar-refractivity contribution in [2.45, 2.75) is 45.6 Å². The van der Waals surface area contributed by atoms with Gasteiger partial charge in [-0.1, -0.05) is 20.8 Å². The number of amides is 1. The van der Waals surface area contributed by atoms with Gasteiger partial charge in [0.15, 0.2) is 0 Å². The van der Waals surface area contributed by atoms with Crippen LogP contribution in [-0.4, -0.2) is 61.0 Å². The van der Waals surface area contributed by atoms with E-state index in [2.05, 4.69) is 0 Å². The maximum Gasteiger partial charge on any atom is 0.242 e. The Balaban J connectivity index is 2.65.